The first-order chi connectivity index (χ1) is 6.45. The third kappa shape index (κ3) is 3.11. The molecule has 0 amide bonds. The van der Waals surface area contributed by atoms with Gasteiger partial charge in [0.25, 0.3) is 0 Å². The van der Waals surface area contributed by atoms with Crippen LogP contribution in [-0.4, -0.2) is 37.4 Å². The molecule has 1 saturated heterocycles. The maximum absolute atomic E-state index is 11.7. The Morgan fingerprint density at radius 2 is 1.79 bits per heavy atom. The monoisotopic (exact) mass is 239 g/mol. The minimum absolute atomic E-state index is 0.0635. The average molecular weight is 240 g/mol. The van der Waals surface area contributed by atoms with E-state index in [-0.39, 0.29) is 11.6 Å². The number of rotatable bonds is 3. The smallest absolute Gasteiger partial charge is 0.212 e. The van der Waals surface area contributed by atoms with Crippen molar-refractivity contribution in [1.29, 1.82) is 0 Å². The molecule has 0 aromatic carbocycles. The van der Waals surface area contributed by atoms with Gasteiger partial charge in [0.05, 0.1) is 5.75 Å². The molecule has 0 saturated carbocycles. The molecular weight excluding hydrogens is 222 g/mol. The third-order valence-electron chi connectivity index (χ3n) is 2.56. The highest BCUT2D eigenvalue weighted by atomic mass is 35.5. The van der Waals surface area contributed by atoms with Crippen molar-refractivity contribution in [3.8, 4) is 0 Å². The summed E-state index contributed by atoms with van der Waals surface area (Å²) in [5.74, 6) is 1.17. The van der Waals surface area contributed by atoms with Crippen LogP contribution in [-0.2, 0) is 10.0 Å². The molecule has 0 aromatic rings. The molecule has 1 aliphatic rings. The van der Waals surface area contributed by atoms with Gasteiger partial charge in [0.2, 0.25) is 10.0 Å². The first-order valence-electron chi connectivity index (χ1n) is 4.99. The van der Waals surface area contributed by atoms with E-state index in [1.807, 2.05) is 0 Å². The van der Waals surface area contributed by atoms with E-state index in [1.165, 1.54) is 0 Å². The molecule has 0 aliphatic carbocycles. The van der Waals surface area contributed by atoms with Crippen molar-refractivity contribution in [1.82, 2.24) is 4.31 Å². The predicted molar refractivity (Wildman–Crippen MR) is 59.0 cm³/mol. The summed E-state index contributed by atoms with van der Waals surface area (Å²) in [6.45, 7) is 5.50. The first-order valence-corrected chi connectivity index (χ1v) is 7.14. The van der Waals surface area contributed by atoms with Crippen LogP contribution in [0.15, 0.2) is 0 Å². The molecule has 0 N–H and O–H groups in total. The average Bonchev–Trinajstić information content (AvgIpc) is 2.02. The fourth-order valence-electron chi connectivity index (χ4n) is 2.06. The zero-order chi connectivity index (χ0) is 10.8. The van der Waals surface area contributed by atoms with Gasteiger partial charge in [0.1, 0.15) is 0 Å². The molecule has 14 heavy (non-hydrogen) atoms. The largest absolute Gasteiger partial charge is 0.215 e. The van der Waals surface area contributed by atoms with Crippen molar-refractivity contribution in [2.45, 2.75) is 20.3 Å². The zero-order valence-electron chi connectivity index (χ0n) is 8.74. The van der Waals surface area contributed by atoms with Gasteiger partial charge >= 0.3 is 0 Å². The van der Waals surface area contributed by atoms with Crippen LogP contribution in [0.4, 0.5) is 0 Å². The molecule has 0 bridgehead atoms. The summed E-state index contributed by atoms with van der Waals surface area (Å²) < 4.78 is 25.0. The molecule has 3 nitrogen and oxygen atoms in total. The first kappa shape index (κ1) is 12.3. The number of piperidine rings is 1. The lowest BCUT2D eigenvalue weighted by Crippen LogP contribution is -2.43. The van der Waals surface area contributed by atoms with Crippen LogP contribution < -0.4 is 0 Å². The summed E-state index contributed by atoms with van der Waals surface area (Å²) in [5, 5.41) is 0. The standard InChI is InChI=1S/C9H18ClNO2S/c1-8-5-9(2)7-11(6-8)14(12,13)4-3-10/h8-9H,3-7H2,1-2H3. The van der Waals surface area contributed by atoms with Crippen molar-refractivity contribution in [3.05, 3.63) is 0 Å². The SMILES string of the molecule is CC1CC(C)CN(S(=O)(=O)CCCl)C1. The van der Waals surface area contributed by atoms with Crippen LogP contribution in [0, 0.1) is 11.8 Å². The van der Waals surface area contributed by atoms with Gasteiger partial charge in [-0.1, -0.05) is 13.8 Å². The van der Waals surface area contributed by atoms with E-state index in [9.17, 15) is 8.42 Å². The molecular formula is C9H18ClNO2S. The van der Waals surface area contributed by atoms with E-state index in [4.69, 9.17) is 11.6 Å². The Balaban J connectivity index is 2.68. The Morgan fingerprint density at radius 3 is 2.21 bits per heavy atom. The van der Waals surface area contributed by atoms with Gasteiger partial charge < -0.3 is 0 Å². The lowest BCUT2D eigenvalue weighted by atomic mass is 9.94. The van der Waals surface area contributed by atoms with E-state index in [2.05, 4.69) is 13.8 Å². The van der Waals surface area contributed by atoms with Gasteiger partial charge in [-0.2, -0.15) is 0 Å². The van der Waals surface area contributed by atoms with Crippen molar-refractivity contribution >= 4 is 21.6 Å². The molecule has 1 heterocycles. The van der Waals surface area contributed by atoms with Crippen LogP contribution in [0.2, 0.25) is 0 Å². The lowest BCUT2D eigenvalue weighted by molar-refractivity contribution is 0.223. The molecule has 0 radical (unpaired) electrons. The minimum Gasteiger partial charge on any atom is -0.212 e. The molecule has 2 atom stereocenters. The second-order valence-corrected chi connectivity index (χ2v) is 6.73. The quantitative estimate of drug-likeness (QED) is 0.701. The van der Waals surface area contributed by atoms with Crippen molar-refractivity contribution < 1.29 is 8.42 Å². The highest BCUT2D eigenvalue weighted by molar-refractivity contribution is 7.89. The van der Waals surface area contributed by atoms with Gasteiger partial charge in [-0.15, -0.1) is 11.6 Å². The Morgan fingerprint density at radius 1 is 1.29 bits per heavy atom. The van der Waals surface area contributed by atoms with Crippen molar-refractivity contribution in [3.63, 3.8) is 0 Å². The second-order valence-electron chi connectivity index (χ2n) is 4.27. The van der Waals surface area contributed by atoms with E-state index in [0.29, 0.717) is 24.9 Å². The summed E-state index contributed by atoms with van der Waals surface area (Å²) in [6, 6.07) is 0. The number of halogens is 1. The summed E-state index contributed by atoms with van der Waals surface area (Å²) in [5.41, 5.74) is 0. The highest BCUT2D eigenvalue weighted by Crippen LogP contribution is 2.23. The van der Waals surface area contributed by atoms with Gasteiger partial charge in [-0.25, -0.2) is 12.7 Å². The van der Waals surface area contributed by atoms with E-state index in [0.717, 1.165) is 6.42 Å². The summed E-state index contributed by atoms with van der Waals surface area (Å²) in [7, 11) is -3.10. The highest BCUT2D eigenvalue weighted by Gasteiger charge is 2.29. The molecule has 0 aromatic heterocycles. The van der Waals surface area contributed by atoms with E-state index in [1.54, 1.807) is 4.31 Å². The predicted octanol–water partition coefficient (Wildman–Crippen LogP) is 1.53. The fourth-order valence-corrected chi connectivity index (χ4v) is 4.06. The molecule has 1 fully saturated rings. The van der Waals surface area contributed by atoms with Crippen LogP contribution >= 0.6 is 11.6 Å². The Labute approximate surface area is 91.5 Å². The number of sulfonamides is 1. The maximum Gasteiger partial charge on any atom is 0.215 e. The molecule has 1 aliphatic heterocycles. The number of hydrogen-bond acceptors (Lipinski definition) is 2. The Bertz CT molecular complexity index is 269. The van der Waals surface area contributed by atoms with Gasteiger partial charge in [-0.05, 0) is 18.3 Å². The molecule has 1 rings (SSSR count). The zero-order valence-corrected chi connectivity index (χ0v) is 10.3. The Hall–Kier alpha value is 0.200. The second kappa shape index (κ2) is 4.81. The van der Waals surface area contributed by atoms with E-state index < -0.39 is 10.0 Å². The summed E-state index contributed by atoms with van der Waals surface area (Å²) in [6.07, 6.45) is 1.12. The molecule has 84 valence electrons. The van der Waals surface area contributed by atoms with Crippen molar-refractivity contribution in [2.24, 2.45) is 11.8 Å². The number of alkyl halides is 1. The lowest BCUT2D eigenvalue weighted by Gasteiger charge is -2.33. The van der Waals surface area contributed by atoms with Crippen LogP contribution in [0.5, 0.6) is 0 Å². The molecule has 5 heteroatoms. The minimum atomic E-state index is -3.10. The summed E-state index contributed by atoms with van der Waals surface area (Å²) >= 11 is 5.47. The van der Waals surface area contributed by atoms with Gasteiger partial charge in [0, 0.05) is 19.0 Å². The topological polar surface area (TPSA) is 37.4 Å². The normalized spacial score (nSPS) is 30.5. The number of hydrogen-bond donors (Lipinski definition) is 0. The fraction of sp³-hybridized carbons (Fsp3) is 1.00. The Kier molecular flexibility index (Phi) is 4.22. The van der Waals surface area contributed by atoms with Crippen LogP contribution in [0.25, 0.3) is 0 Å². The van der Waals surface area contributed by atoms with Crippen LogP contribution in [0.1, 0.15) is 20.3 Å². The number of nitrogens with zero attached hydrogens (tertiary/aromatic N) is 1. The maximum atomic E-state index is 11.7. The third-order valence-corrected chi connectivity index (χ3v) is 4.78. The van der Waals surface area contributed by atoms with Crippen LogP contribution in [0.3, 0.4) is 0 Å². The summed E-state index contributed by atoms with van der Waals surface area (Å²) in [4.78, 5) is 0. The van der Waals surface area contributed by atoms with E-state index >= 15 is 0 Å². The van der Waals surface area contributed by atoms with Crippen molar-refractivity contribution in [2.75, 3.05) is 24.7 Å². The molecule has 2 unspecified atom stereocenters. The van der Waals surface area contributed by atoms with Gasteiger partial charge in [0.15, 0.2) is 0 Å². The van der Waals surface area contributed by atoms with Gasteiger partial charge in [-0.3, -0.25) is 0 Å². The molecule has 0 spiro atoms.